The van der Waals surface area contributed by atoms with Crippen LogP contribution in [0.1, 0.15) is 55.5 Å². The lowest BCUT2D eigenvalue weighted by atomic mass is 9.42. The number of carbonyl (C=O) groups excluding carboxylic acids is 1. The number of hydrogen-bond donors (Lipinski definition) is 1. The molecule has 154 valence electrons. The van der Waals surface area contributed by atoms with E-state index < -0.39 is 0 Å². The lowest BCUT2D eigenvalue weighted by Crippen LogP contribution is -2.59. The zero-order valence-corrected chi connectivity index (χ0v) is 17.5. The van der Waals surface area contributed by atoms with Crippen LogP contribution in [-0.4, -0.2) is 20.5 Å². The maximum Gasteiger partial charge on any atom is 0.226 e. The first-order chi connectivity index (χ1) is 14.6. The second-order valence-corrected chi connectivity index (χ2v) is 10.1. The molecule has 30 heavy (non-hydrogen) atoms. The summed E-state index contributed by atoms with van der Waals surface area (Å²) < 4.78 is 1.95. The summed E-state index contributed by atoms with van der Waals surface area (Å²) in [6.07, 6.45) is 8.83. The predicted octanol–water partition coefficient (Wildman–Crippen LogP) is 4.19. The first-order valence-electron chi connectivity index (χ1n) is 11.2. The van der Waals surface area contributed by atoms with E-state index in [0.29, 0.717) is 18.4 Å². The molecule has 2 heterocycles. The van der Waals surface area contributed by atoms with Gasteiger partial charge in [0.25, 0.3) is 0 Å². The Kier molecular flexibility index (Phi) is 3.86. The van der Waals surface area contributed by atoms with Crippen LogP contribution in [0.4, 0.5) is 0 Å². The third-order valence-electron chi connectivity index (χ3n) is 8.00. The van der Waals surface area contributed by atoms with Gasteiger partial charge in [0.15, 0.2) is 11.5 Å². The molecule has 1 aromatic carbocycles. The number of carbonyl (C=O) groups is 1. The first kappa shape index (κ1) is 18.1. The Bertz CT molecular complexity index is 1100. The number of nitrogens with one attached hydrogen (secondary N) is 1. The van der Waals surface area contributed by atoms with Crippen molar-refractivity contribution in [3.05, 3.63) is 65.6 Å². The van der Waals surface area contributed by atoms with Crippen LogP contribution in [0.25, 0.3) is 5.65 Å². The van der Waals surface area contributed by atoms with Crippen LogP contribution in [0.2, 0.25) is 0 Å². The number of aryl methyl sites for hydroxylation is 1. The highest BCUT2D eigenvalue weighted by molar-refractivity contribution is 5.83. The summed E-state index contributed by atoms with van der Waals surface area (Å²) in [6.45, 7) is 2.57. The van der Waals surface area contributed by atoms with Gasteiger partial charge < -0.3 is 5.32 Å². The number of rotatable bonds is 4. The summed E-state index contributed by atoms with van der Waals surface area (Å²) >= 11 is 0. The molecule has 1 N–H and O–H groups in total. The maximum atomic E-state index is 13.6. The van der Waals surface area contributed by atoms with Gasteiger partial charge in [-0.05, 0) is 80.4 Å². The molecule has 4 saturated carbocycles. The van der Waals surface area contributed by atoms with Crippen molar-refractivity contribution < 1.29 is 4.79 Å². The highest BCUT2D eigenvalue weighted by Gasteiger charge is 2.60. The number of nitrogens with zero attached hydrogens (tertiary/aromatic N) is 3. The number of hydrogen-bond acceptors (Lipinski definition) is 3. The minimum atomic E-state index is -0.227. The van der Waals surface area contributed by atoms with Crippen molar-refractivity contribution in [2.24, 2.45) is 17.3 Å². The van der Waals surface area contributed by atoms with E-state index >= 15 is 0 Å². The second-order valence-electron chi connectivity index (χ2n) is 10.1. The lowest BCUT2D eigenvalue weighted by Gasteiger charge is -2.61. The monoisotopic (exact) mass is 400 g/mol. The van der Waals surface area contributed by atoms with Crippen LogP contribution in [0.3, 0.4) is 0 Å². The van der Waals surface area contributed by atoms with Crippen molar-refractivity contribution in [2.45, 2.75) is 57.4 Å². The maximum absolute atomic E-state index is 13.6. The molecule has 7 rings (SSSR count). The van der Waals surface area contributed by atoms with Gasteiger partial charge in [0.05, 0.1) is 12.0 Å². The van der Waals surface area contributed by atoms with Gasteiger partial charge in [-0.15, -0.1) is 10.2 Å². The van der Waals surface area contributed by atoms with Crippen molar-refractivity contribution in [2.75, 3.05) is 0 Å². The summed E-state index contributed by atoms with van der Waals surface area (Å²) in [4.78, 5) is 13.6. The molecular formula is C25H28N4O. The molecule has 0 spiro atoms. The normalized spacial score (nSPS) is 31.9. The number of pyridine rings is 1. The Balaban J connectivity index is 1.27. The van der Waals surface area contributed by atoms with Gasteiger partial charge in [0, 0.05) is 6.20 Å². The summed E-state index contributed by atoms with van der Waals surface area (Å²) in [6, 6.07) is 14.9. The molecule has 5 heteroatoms. The van der Waals surface area contributed by atoms with Crippen molar-refractivity contribution in [1.29, 1.82) is 0 Å². The highest BCUT2D eigenvalue weighted by Crippen LogP contribution is 2.65. The van der Waals surface area contributed by atoms with Gasteiger partial charge in [0.2, 0.25) is 5.91 Å². The van der Waals surface area contributed by atoms with E-state index in [1.165, 1.54) is 30.4 Å². The quantitative estimate of drug-likeness (QED) is 0.714. The fourth-order valence-corrected chi connectivity index (χ4v) is 7.13. The molecule has 1 amide bonds. The zero-order valence-electron chi connectivity index (χ0n) is 17.5. The molecule has 4 bridgehead atoms. The minimum absolute atomic E-state index is 0.177. The number of aromatic nitrogens is 3. The summed E-state index contributed by atoms with van der Waals surface area (Å²) in [5, 5.41) is 11.7. The van der Waals surface area contributed by atoms with Crippen LogP contribution in [0.15, 0.2) is 48.7 Å². The van der Waals surface area contributed by atoms with Crippen molar-refractivity contribution in [3.8, 4) is 0 Å². The van der Waals surface area contributed by atoms with Crippen LogP contribution in [-0.2, 0) is 16.8 Å². The van der Waals surface area contributed by atoms with E-state index in [9.17, 15) is 4.79 Å². The van der Waals surface area contributed by atoms with E-state index in [1.54, 1.807) is 0 Å². The first-order valence-corrected chi connectivity index (χ1v) is 11.2. The molecule has 4 aliphatic carbocycles. The Morgan fingerprint density at radius 2 is 1.83 bits per heavy atom. The Labute approximate surface area is 176 Å². The fourth-order valence-electron chi connectivity index (χ4n) is 7.13. The van der Waals surface area contributed by atoms with E-state index in [4.69, 9.17) is 0 Å². The molecule has 4 fully saturated rings. The van der Waals surface area contributed by atoms with E-state index in [1.807, 2.05) is 28.8 Å². The molecule has 2 aromatic heterocycles. The molecule has 2 atom stereocenters. The van der Waals surface area contributed by atoms with Crippen molar-refractivity contribution >= 4 is 11.6 Å². The molecule has 0 aliphatic heterocycles. The van der Waals surface area contributed by atoms with E-state index in [-0.39, 0.29) is 16.7 Å². The van der Waals surface area contributed by atoms with E-state index in [2.05, 4.69) is 46.7 Å². The summed E-state index contributed by atoms with van der Waals surface area (Å²) in [5.41, 5.74) is 3.51. The van der Waals surface area contributed by atoms with Gasteiger partial charge in [-0.25, -0.2) is 0 Å². The highest BCUT2D eigenvalue weighted by atomic mass is 16.2. The minimum Gasteiger partial charge on any atom is -0.348 e. The third-order valence-corrected chi connectivity index (χ3v) is 8.00. The number of amides is 1. The van der Waals surface area contributed by atoms with Gasteiger partial charge >= 0.3 is 0 Å². The summed E-state index contributed by atoms with van der Waals surface area (Å²) in [5.74, 6) is 2.36. The number of benzene rings is 1. The van der Waals surface area contributed by atoms with E-state index in [0.717, 1.165) is 30.7 Å². The average Bonchev–Trinajstić information content (AvgIpc) is 3.14. The van der Waals surface area contributed by atoms with Gasteiger partial charge in [-0.2, -0.15) is 0 Å². The Morgan fingerprint density at radius 3 is 2.60 bits per heavy atom. The molecular weight excluding hydrogens is 372 g/mol. The fraction of sp³-hybridized carbons (Fsp3) is 0.480. The third kappa shape index (κ3) is 2.71. The van der Waals surface area contributed by atoms with Gasteiger partial charge in [0.1, 0.15) is 0 Å². The molecule has 0 unspecified atom stereocenters. The zero-order chi connectivity index (χ0) is 20.3. The van der Waals surface area contributed by atoms with Gasteiger partial charge in [-0.1, -0.05) is 35.9 Å². The van der Waals surface area contributed by atoms with Crippen LogP contribution >= 0.6 is 0 Å². The van der Waals surface area contributed by atoms with Crippen LogP contribution < -0.4 is 5.32 Å². The number of fused-ring (bicyclic) bond motifs is 1. The molecule has 3 aromatic rings. The van der Waals surface area contributed by atoms with Gasteiger partial charge in [-0.3, -0.25) is 9.20 Å². The predicted molar refractivity (Wildman–Crippen MR) is 115 cm³/mol. The largest absolute Gasteiger partial charge is 0.348 e. The van der Waals surface area contributed by atoms with Crippen molar-refractivity contribution in [1.82, 2.24) is 19.9 Å². The molecule has 4 aliphatic rings. The SMILES string of the molecule is Cc1ccc(C23C[C@H]4C[C@@H](CC(C(=O)NCc5nnc6ccccn56)(C4)C2)C3)cc1. The second kappa shape index (κ2) is 6.40. The van der Waals surface area contributed by atoms with Crippen molar-refractivity contribution in [3.63, 3.8) is 0 Å². The Hall–Kier alpha value is -2.69. The standard InChI is InChI=1S/C25H28N4O/c1-17-5-7-20(8-6-17)24-11-18-10-19(12-24)14-25(13-18,16-24)23(30)26-15-22-28-27-21-4-2-3-9-29(21)22/h2-9,18-19H,10-16H2,1H3,(H,26,30)/t18-,19-,24?,25?/m1/s1. The average molecular weight is 401 g/mol. The smallest absolute Gasteiger partial charge is 0.226 e. The molecule has 0 saturated heterocycles. The lowest BCUT2D eigenvalue weighted by molar-refractivity contribution is -0.149. The summed E-state index contributed by atoms with van der Waals surface area (Å²) in [7, 11) is 0. The van der Waals surface area contributed by atoms with Crippen LogP contribution in [0.5, 0.6) is 0 Å². The van der Waals surface area contributed by atoms with Crippen LogP contribution in [0, 0.1) is 24.2 Å². The Morgan fingerprint density at radius 1 is 1.07 bits per heavy atom. The topological polar surface area (TPSA) is 59.3 Å². The molecule has 5 nitrogen and oxygen atoms in total. The molecule has 0 radical (unpaired) electrons.